The lowest BCUT2D eigenvalue weighted by atomic mass is 10.1. The summed E-state index contributed by atoms with van der Waals surface area (Å²) in [6.07, 6.45) is 5.30. The molecule has 1 aliphatic carbocycles. The summed E-state index contributed by atoms with van der Waals surface area (Å²) in [5, 5.41) is 4.93. The maximum atomic E-state index is 13.2. The zero-order chi connectivity index (χ0) is 19.8. The van der Waals surface area contributed by atoms with Gasteiger partial charge in [0, 0.05) is 17.9 Å². The maximum absolute atomic E-state index is 13.2. The first-order valence-corrected chi connectivity index (χ1v) is 9.61. The number of halogens is 1. The smallest absolute Gasteiger partial charge is 0.260 e. The Morgan fingerprint density at radius 3 is 2.89 bits per heavy atom. The molecular weight excluding hydrogens is 374 g/mol. The van der Waals surface area contributed by atoms with Crippen LogP contribution < -0.4 is 16.6 Å². The van der Waals surface area contributed by atoms with E-state index in [-0.39, 0.29) is 17.6 Å². The lowest BCUT2D eigenvalue weighted by Gasteiger charge is -2.18. The molecule has 7 heteroatoms. The fourth-order valence-electron chi connectivity index (χ4n) is 3.51. The molecule has 6 nitrogen and oxygen atoms in total. The number of nitrogen functional groups attached to an aromatic ring is 1. The third-order valence-electron chi connectivity index (χ3n) is 5.00. The minimum atomic E-state index is -0.270. The molecule has 1 aliphatic rings. The van der Waals surface area contributed by atoms with E-state index in [1.54, 1.807) is 18.5 Å². The lowest BCUT2D eigenvalue weighted by molar-refractivity contribution is 0.621. The molecule has 0 spiro atoms. The number of amidine groups is 1. The predicted octanol–water partition coefficient (Wildman–Crippen LogP) is 4.14. The largest absolute Gasteiger partial charge is 0.385 e. The van der Waals surface area contributed by atoms with Crippen LogP contribution in [0.3, 0.4) is 0 Å². The molecule has 0 unspecified atom stereocenters. The quantitative estimate of drug-likeness (QED) is 0.448. The Bertz CT molecular complexity index is 1140. The van der Waals surface area contributed by atoms with Crippen molar-refractivity contribution in [1.29, 1.82) is 0 Å². The monoisotopic (exact) mass is 395 g/mol. The van der Waals surface area contributed by atoms with Crippen LogP contribution in [0.1, 0.15) is 43.1 Å². The third kappa shape index (κ3) is 3.20. The van der Waals surface area contributed by atoms with Crippen LogP contribution in [-0.4, -0.2) is 15.4 Å². The Morgan fingerprint density at radius 1 is 1.46 bits per heavy atom. The van der Waals surface area contributed by atoms with Crippen molar-refractivity contribution in [3.05, 3.63) is 75.9 Å². The van der Waals surface area contributed by atoms with Gasteiger partial charge in [-0.3, -0.25) is 9.79 Å². The maximum Gasteiger partial charge on any atom is 0.260 e. The van der Waals surface area contributed by atoms with Crippen LogP contribution in [0.15, 0.2) is 59.1 Å². The molecule has 3 aromatic rings. The van der Waals surface area contributed by atoms with Crippen LogP contribution in [0.2, 0.25) is 5.02 Å². The normalized spacial score (nSPS) is 15.6. The first kappa shape index (κ1) is 18.4. The number of H-pyrrole nitrogens is 1. The molecule has 1 fully saturated rings. The first-order chi connectivity index (χ1) is 13.5. The summed E-state index contributed by atoms with van der Waals surface area (Å²) >= 11 is 6.32. The highest BCUT2D eigenvalue weighted by Gasteiger charge is 2.29. The van der Waals surface area contributed by atoms with Crippen molar-refractivity contribution in [2.75, 3.05) is 5.73 Å². The topological polar surface area (TPSA) is 88.2 Å². The Labute approximate surface area is 167 Å². The van der Waals surface area contributed by atoms with Gasteiger partial charge in [0.1, 0.15) is 11.7 Å². The second kappa shape index (κ2) is 7.20. The fourth-order valence-corrected chi connectivity index (χ4v) is 3.78. The number of nitrogens with one attached hydrogen (secondary N) is 2. The van der Waals surface area contributed by atoms with E-state index >= 15 is 0 Å². The Kier molecular flexibility index (Phi) is 4.73. The van der Waals surface area contributed by atoms with Gasteiger partial charge in [0.05, 0.1) is 22.0 Å². The molecule has 4 rings (SSSR count). The number of aliphatic imine (C=N–C) groups is 1. The van der Waals surface area contributed by atoms with Crippen LogP contribution in [-0.2, 0) is 0 Å². The number of aromatic nitrogens is 2. The number of nitrogens with two attached hydrogens (primary N) is 1. The van der Waals surface area contributed by atoms with Gasteiger partial charge in [-0.05, 0) is 49.6 Å². The van der Waals surface area contributed by atoms with E-state index in [4.69, 9.17) is 22.3 Å². The predicted molar refractivity (Wildman–Crippen MR) is 115 cm³/mol. The molecule has 1 saturated carbocycles. The molecule has 0 saturated heterocycles. The highest BCUT2D eigenvalue weighted by Crippen LogP contribution is 2.38. The van der Waals surface area contributed by atoms with E-state index in [1.165, 1.54) is 0 Å². The average molecular weight is 396 g/mol. The zero-order valence-corrected chi connectivity index (χ0v) is 16.3. The third-order valence-corrected chi connectivity index (χ3v) is 5.31. The lowest BCUT2D eigenvalue weighted by Crippen LogP contribution is -2.25. The first-order valence-electron chi connectivity index (χ1n) is 9.23. The van der Waals surface area contributed by atoms with Gasteiger partial charge >= 0.3 is 0 Å². The summed E-state index contributed by atoms with van der Waals surface area (Å²) < 4.78 is 1.86. The van der Waals surface area contributed by atoms with Crippen molar-refractivity contribution in [1.82, 2.24) is 14.9 Å². The SMILES string of the molecule is C=CNC(=N[C@@H](C)c1cc2cccc(Cl)c2c(=O)n1C1CC1)c1cc[nH]c1N. The van der Waals surface area contributed by atoms with Crippen LogP contribution >= 0.6 is 11.6 Å². The van der Waals surface area contributed by atoms with Gasteiger partial charge in [0.2, 0.25) is 0 Å². The minimum absolute atomic E-state index is 0.0537. The van der Waals surface area contributed by atoms with Crippen molar-refractivity contribution < 1.29 is 0 Å². The van der Waals surface area contributed by atoms with Gasteiger partial charge in [-0.25, -0.2) is 0 Å². The van der Waals surface area contributed by atoms with Gasteiger partial charge in [-0.2, -0.15) is 0 Å². The van der Waals surface area contributed by atoms with Crippen molar-refractivity contribution >= 4 is 34.0 Å². The number of anilines is 1. The Hall–Kier alpha value is -2.99. The van der Waals surface area contributed by atoms with Crippen LogP contribution in [0.5, 0.6) is 0 Å². The highest BCUT2D eigenvalue weighted by atomic mass is 35.5. The van der Waals surface area contributed by atoms with Crippen molar-refractivity contribution in [3.63, 3.8) is 0 Å². The summed E-state index contributed by atoms with van der Waals surface area (Å²) in [6, 6.07) is 9.32. The number of fused-ring (bicyclic) bond motifs is 1. The standard InChI is InChI=1S/C21H22ClN5O/c1-3-24-20(15-9-10-25-19(15)23)26-12(2)17-11-13-5-4-6-16(22)18(13)21(28)27(17)14-7-8-14/h3-6,9-12,14,25H,1,7-8,23H2,2H3,(H,24,26)/t12-/m0/s1. The summed E-state index contributed by atoms with van der Waals surface area (Å²) in [5.74, 6) is 1.12. The van der Waals surface area contributed by atoms with Crippen molar-refractivity contribution in [2.24, 2.45) is 4.99 Å². The van der Waals surface area contributed by atoms with Gasteiger partial charge < -0.3 is 20.6 Å². The van der Waals surface area contributed by atoms with E-state index in [0.29, 0.717) is 22.1 Å². The molecule has 2 heterocycles. The molecule has 0 radical (unpaired) electrons. The van der Waals surface area contributed by atoms with Crippen molar-refractivity contribution in [2.45, 2.75) is 31.8 Å². The summed E-state index contributed by atoms with van der Waals surface area (Å²) in [5.41, 5.74) is 7.58. The number of pyridine rings is 1. The number of hydrogen-bond acceptors (Lipinski definition) is 3. The number of hydrogen-bond donors (Lipinski definition) is 3. The van der Waals surface area contributed by atoms with E-state index in [2.05, 4.69) is 16.9 Å². The molecule has 4 N–H and O–H groups in total. The summed E-state index contributed by atoms with van der Waals surface area (Å²) in [4.78, 5) is 21.0. The number of aromatic amines is 1. The van der Waals surface area contributed by atoms with E-state index in [1.807, 2.05) is 35.8 Å². The highest BCUT2D eigenvalue weighted by molar-refractivity contribution is 6.35. The number of nitrogens with zero attached hydrogens (tertiary/aromatic N) is 2. The zero-order valence-electron chi connectivity index (χ0n) is 15.6. The summed E-state index contributed by atoms with van der Waals surface area (Å²) in [7, 11) is 0. The molecule has 28 heavy (non-hydrogen) atoms. The molecule has 144 valence electrons. The van der Waals surface area contributed by atoms with Crippen LogP contribution in [0.25, 0.3) is 10.8 Å². The van der Waals surface area contributed by atoms with Gasteiger partial charge in [-0.15, -0.1) is 0 Å². The number of benzene rings is 1. The second-order valence-corrected chi connectivity index (χ2v) is 7.39. The van der Waals surface area contributed by atoms with Crippen molar-refractivity contribution in [3.8, 4) is 0 Å². The van der Waals surface area contributed by atoms with Gasteiger partial charge in [0.15, 0.2) is 0 Å². The number of rotatable bonds is 5. The minimum Gasteiger partial charge on any atom is -0.385 e. The van der Waals surface area contributed by atoms with Crippen LogP contribution in [0.4, 0.5) is 5.82 Å². The van der Waals surface area contributed by atoms with Gasteiger partial charge in [-0.1, -0.05) is 30.3 Å². The Balaban J connectivity index is 1.88. The molecule has 1 atom stereocenters. The fraction of sp³-hybridized carbons (Fsp3) is 0.238. The van der Waals surface area contributed by atoms with Crippen LogP contribution in [0, 0.1) is 0 Å². The molecule has 0 aliphatic heterocycles. The Morgan fingerprint density at radius 2 is 2.25 bits per heavy atom. The summed E-state index contributed by atoms with van der Waals surface area (Å²) in [6.45, 7) is 5.70. The molecule has 2 aromatic heterocycles. The average Bonchev–Trinajstić information content (AvgIpc) is 3.41. The van der Waals surface area contributed by atoms with E-state index in [0.717, 1.165) is 29.5 Å². The van der Waals surface area contributed by atoms with E-state index < -0.39 is 0 Å². The molecule has 0 amide bonds. The second-order valence-electron chi connectivity index (χ2n) is 6.99. The molecular formula is C21H22ClN5O. The molecule has 1 aromatic carbocycles. The molecule has 0 bridgehead atoms. The van der Waals surface area contributed by atoms with Gasteiger partial charge in [0.25, 0.3) is 5.56 Å². The van der Waals surface area contributed by atoms with E-state index in [9.17, 15) is 4.79 Å².